The van der Waals surface area contributed by atoms with Gasteiger partial charge in [-0.1, -0.05) is 13.8 Å². The van der Waals surface area contributed by atoms with Gasteiger partial charge in [0.05, 0.1) is 12.4 Å². The van der Waals surface area contributed by atoms with Gasteiger partial charge in [0.25, 0.3) is 0 Å². The van der Waals surface area contributed by atoms with Crippen molar-refractivity contribution in [1.29, 1.82) is 0 Å². The minimum absolute atomic E-state index is 0.121. The second kappa shape index (κ2) is 7.44. The maximum absolute atomic E-state index is 11.8. The summed E-state index contributed by atoms with van der Waals surface area (Å²) in [5, 5.41) is 0. The number of methoxy groups -OCH3 is 1. The number of alkyl halides is 1. The molecule has 0 aliphatic rings. The summed E-state index contributed by atoms with van der Waals surface area (Å²) in [6, 6.07) is 0. The third-order valence-corrected chi connectivity index (χ3v) is 4.22. The Morgan fingerprint density at radius 3 is 2.33 bits per heavy atom. The molecule has 0 saturated carbocycles. The molecule has 0 fully saturated rings. The Bertz CT molecular complexity index is 254. The topological polar surface area (TPSA) is 46.6 Å². The fourth-order valence-electron chi connectivity index (χ4n) is 1.20. The molecule has 0 radical (unpaired) electrons. The Kier molecular flexibility index (Phi) is 7.52. The van der Waals surface area contributed by atoms with Crippen molar-refractivity contribution in [3.63, 3.8) is 0 Å². The van der Waals surface area contributed by atoms with Crippen molar-refractivity contribution in [2.75, 3.05) is 38.4 Å². The summed E-state index contributed by atoms with van der Waals surface area (Å²) in [5.74, 6) is 0.588. The Labute approximate surface area is 97.6 Å². The van der Waals surface area contributed by atoms with Gasteiger partial charge >= 0.3 is 0 Å². The summed E-state index contributed by atoms with van der Waals surface area (Å²) >= 11 is 5.57. The molecule has 4 nitrogen and oxygen atoms in total. The monoisotopic (exact) mass is 257 g/mol. The number of sulfonamides is 1. The summed E-state index contributed by atoms with van der Waals surface area (Å²) < 4.78 is 30.0. The summed E-state index contributed by atoms with van der Waals surface area (Å²) in [7, 11) is -1.64. The van der Waals surface area contributed by atoms with Crippen LogP contribution < -0.4 is 0 Å². The first-order chi connectivity index (χ1) is 6.94. The van der Waals surface area contributed by atoms with Crippen LogP contribution >= 0.6 is 11.6 Å². The van der Waals surface area contributed by atoms with E-state index in [1.165, 1.54) is 4.31 Å². The number of halogens is 1. The van der Waals surface area contributed by atoms with Crippen LogP contribution in [0.25, 0.3) is 0 Å². The quantitative estimate of drug-likeness (QED) is 0.613. The molecule has 0 aromatic carbocycles. The van der Waals surface area contributed by atoms with Gasteiger partial charge in [-0.15, -0.1) is 11.6 Å². The molecule has 0 unspecified atom stereocenters. The summed E-state index contributed by atoms with van der Waals surface area (Å²) in [4.78, 5) is 0. The van der Waals surface area contributed by atoms with Crippen LogP contribution in [0.3, 0.4) is 0 Å². The lowest BCUT2D eigenvalue weighted by Gasteiger charge is -2.21. The smallest absolute Gasteiger partial charge is 0.214 e. The number of ether oxygens (including phenoxy) is 1. The number of hydrogen-bond acceptors (Lipinski definition) is 3. The van der Waals surface area contributed by atoms with E-state index in [1.807, 2.05) is 13.8 Å². The molecule has 0 spiro atoms. The van der Waals surface area contributed by atoms with Crippen LogP contribution in [0, 0.1) is 5.92 Å². The standard InChI is InChI=1S/C9H20ClNO3S/c1-9(2)8-15(12,13)11(5-4-10)6-7-14-3/h9H,4-8H2,1-3H3. The molecule has 0 aromatic heterocycles. The van der Waals surface area contributed by atoms with E-state index in [4.69, 9.17) is 16.3 Å². The number of hydrogen-bond donors (Lipinski definition) is 0. The number of rotatable bonds is 8. The molecule has 0 aliphatic heterocycles. The molecular formula is C9H20ClNO3S. The highest BCUT2D eigenvalue weighted by Gasteiger charge is 2.22. The SMILES string of the molecule is COCCN(CCCl)S(=O)(=O)CC(C)C. The fraction of sp³-hybridized carbons (Fsp3) is 1.00. The maximum Gasteiger partial charge on any atom is 0.214 e. The van der Waals surface area contributed by atoms with E-state index in [0.29, 0.717) is 25.6 Å². The van der Waals surface area contributed by atoms with Crippen molar-refractivity contribution in [2.45, 2.75) is 13.8 Å². The van der Waals surface area contributed by atoms with Gasteiger partial charge in [-0.3, -0.25) is 0 Å². The molecule has 0 aromatic rings. The van der Waals surface area contributed by atoms with Gasteiger partial charge in [0.15, 0.2) is 0 Å². The van der Waals surface area contributed by atoms with Crippen molar-refractivity contribution in [2.24, 2.45) is 5.92 Å². The predicted molar refractivity (Wildman–Crippen MR) is 62.8 cm³/mol. The first-order valence-corrected chi connectivity index (χ1v) is 7.11. The van der Waals surface area contributed by atoms with Gasteiger partial charge in [0.1, 0.15) is 0 Å². The zero-order chi connectivity index (χ0) is 11.9. The molecule has 0 rings (SSSR count). The summed E-state index contributed by atoms with van der Waals surface area (Å²) in [6.45, 7) is 4.88. The Hall–Kier alpha value is 0.160. The van der Waals surface area contributed by atoms with E-state index in [1.54, 1.807) is 7.11 Å². The summed E-state index contributed by atoms with van der Waals surface area (Å²) in [5.41, 5.74) is 0. The van der Waals surface area contributed by atoms with Gasteiger partial charge in [0, 0.05) is 26.1 Å². The number of nitrogens with zero attached hydrogens (tertiary/aromatic N) is 1. The predicted octanol–water partition coefficient (Wildman–Crippen LogP) is 1.16. The molecule has 0 saturated heterocycles. The second-order valence-corrected chi connectivity index (χ2v) is 6.14. The first-order valence-electron chi connectivity index (χ1n) is 4.96. The molecule has 0 amide bonds. The van der Waals surface area contributed by atoms with Crippen molar-refractivity contribution in [1.82, 2.24) is 4.31 Å². The van der Waals surface area contributed by atoms with Gasteiger partial charge in [0.2, 0.25) is 10.0 Å². The zero-order valence-electron chi connectivity index (χ0n) is 9.57. The van der Waals surface area contributed by atoms with Crippen LogP contribution in [0.2, 0.25) is 0 Å². The van der Waals surface area contributed by atoms with E-state index < -0.39 is 10.0 Å². The lowest BCUT2D eigenvalue weighted by Crippen LogP contribution is -2.38. The Balaban J connectivity index is 4.44. The molecular weight excluding hydrogens is 238 g/mol. The molecule has 15 heavy (non-hydrogen) atoms. The second-order valence-electron chi connectivity index (χ2n) is 3.75. The van der Waals surface area contributed by atoms with Crippen LogP contribution in [0.1, 0.15) is 13.8 Å². The third kappa shape index (κ3) is 6.35. The highest BCUT2D eigenvalue weighted by Crippen LogP contribution is 2.07. The molecule has 0 heterocycles. The van der Waals surface area contributed by atoms with E-state index in [-0.39, 0.29) is 11.7 Å². The molecule has 92 valence electrons. The van der Waals surface area contributed by atoms with Crippen LogP contribution in [-0.4, -0.2) is 51.2 Å². The molecule has 0 bridgehead atoms. The third-order valence-electron chi connectivity index (χ3n) is 1.82. The first kappa shape index (κ1) is 15.2. The minimum Gasteiger partial charge on any atom is -0.383 e. The van der Waals surface area contributed by atoms with E-state index in [2.05, 4.69) is 0 Å². The van der Waals surface area contributed by atoms with Crippen LogP contribution in [0.4, 0.5) is 0 Å². The average Bonchev–Trinajstić information content (AvgIpc) is 2.09. The van der Waals surface area contributed by atoms with E-state index in [0.717, 1.165) is 0 Å². The van der Waals surface area contributed by atoms with Crippen molar-refractivity contribution in [3.8, 4) is 0 Å². The largest absolute Gasteiger partial charge is 0.383 e. The van der Waals surface area contributed by atoms with Crippen LogP contribution in [-0.2, 0) is 14.8 Å². The van der Waals surface area contributed by atoms with Gasteiger partial charge < -0.3 is 4.74 Å². The van der Waals surface area contributed by atoms with Crippen molar-refractivity contribution in [3.05, 3.63) is 0 Å². The van der Waals surface area contributed by atoms with Gasteiger partial charge in [-0.05, 0) is 5.92 Å². The molecule has 0 aliphatic carbocycles. The summed E-state index contributed by atoms with van der Waals surface area (Å²) in [6.07, 6.45) is 0. The van der Waals surface area contributed by atoms with Crippen molar-refractivity contribution >= 4 is 21.6 Å². The lowest BCUT2D eigenvalue weighted by atomic mass is 10.3. The highest BCUT2D eigenvalue weighted by molar-refractivity contribution is 7.89. The molecule has 6 heteroatoms. The Morgan fingerprint density at radius 1 is 1.33 bits per heavy atom. The van der Waals surface area contributed by atoms with E-state index >= 15 is 0 Å². The lowest BCUT2D eigenvalue weighted by molar-refractivity contribution is 0.180. The van der Waals surface area contributed by atoms with Gasteiger partial charge in [-0.2, -0.15) is 4.31 Å². The van der Waals surface area contributed by atoms with Gasteiger partial charge in [-0.25, -0.2) is 8.42 Å². The normalized spacial score (nSPS) is 12.7. The maximum atomic E-state index is 11.8. The van der Waals surface area contributed by atoms with Crippen molar-refractivity contribution < 1.29 is 13.2 Å². The fourth-order valence-corrected chi connectivity index (χ4v) is 3.28. The Morgan fingerprint density at radius 2 is 1.93 bits per heavy atom. The van der Waals surface area contributed by atoms with E-state index in [9.17, 15) is 8.42 Å². The zero-order valence-corrected chi connectivity index (χ0v) is 11.1. The average molecular weight is 258 g/mol. The highest BCUT2D eigenvalue weighted by atomic mass is 35.5. The minimum atomic E-state index is -3.19. The molecule has 0 N–H and O–H groups in total. The molecule has 0 atom stereocenters. The van der Waals surface area contributed by atoms with Crippen LogP contribution in [0.15, 0.2) is 0 Å². The van der Waals surface area contributed by atoms with Crippen LogP contribution in [0.5, 0.6) is 0 Å².